The first kappa shape index (κ1) is 17.0. The number of fused-ring (bicyclic) bond motifs is 5. The minimum atomic E-state index is -0.874. The summed E-state index contributed by atoms with van der Waals surface area (Å²) in [5.41, 5.74) is -1.60. The normalized spacial score (nSPS) is 56.3. The zero-order valence-corrected chi connectivity index (χ0v) is 15.8. The van der Waals surface area contributed by atoms with Crippen LogP contribution in [0.5, 0.6) is 0 Å². The van der Waals surface area contributed by atoms with Crippen molar-refractivity contribution < 1.29 is 15.0 Å². The number of aliphatic hydroxyl groups excluding tert-OH is 1. The van der Waals surface area contributed by atoms with E-state index < -0.39 is 11.0 Å². The van der Waals surface area contributed by atoms with Crippen LogP contribution in [0.2, 0.25) is 0 Å². The van der Waals surface area contributed by atoms with Crippen LogP contribution in [0.25, 0.3) is 0 Å². The van der Waals surface area contributed by atoms with Gasteiger partial charge in [-0.2, -0.15) is 0 Å². The van der Waals surface area contributed by atoms with Gasteiger partial charge in [0.05, 0.1) is 17.1 Å². The molecule has 0 heterocycles. The average molecular weight is 335 g/mol. The molecule has 0 aromatic carbocycles. The van der Waals surface area contributed by atoms with E-state index in [4.69, 9.17) is 0 Å². The lowest BCUT2D eigenvalue weighted by Crippen LogP contribution is -2.69. The Morgan fingerprint density at radius 1 is 0.917 bits per heavy atom. The van der Waals surface area contributed by atoms with Gasteiger partial charge >= 0.3 is 0 Å². The highest BCUT2D eigenvalue weighted by molar-refractivity contribution is 5.86. The van der Waals surface area contributed by atoms with Gasteiger partial charge in [-0.05, 0) is 68.1 Å². The predicted octanol–water partition coefficient (Wildman–Crippen LogP) is 3.71. The molecule has 4 fully saturated rings. The van der Waals surface area contributed by atoms with Crippen LogP contribution in [0.3, 0.4) is 0 Å². The second-order valence-corrected chi connectivity index (χ2v) is 10.4. The monoisotopic (exact) mass is 334 g/mol. The first-order chi connectivity index (χ1) is 11.1. The van der Waals surface area contributed by atoms with Gasteiger partial charge in [0.1, 0.15) is 5.78 Å². The Balaban J connectivity index is 1.73. The lowest BCUT2D eigenvalue weighted by molar-refractivity contribution is -0.245. The molecule has 2 N–H and O–H groups in total. The molecule has 4 aliphatic carbocycles. The van der Waals surface area contributed by atoms with Crippen molar-refractivity contribution in [1.82, 2.24) is 0 Å². The smallest absolute Gasteiger partial charge is 0.141 e. The highest BCUT2D eigenvalue weighted by atomic mass is 16.3. The molecule has 4 rings (SSSR count). The van der Waals surface area contributed by atoms with Crippen LogP contribution in [-0.4, -0.2) is 27.7 Å². The summed E-state index contributed by atoms with van der Waals surface area (Å²) in [4.78, 5) is 12.6. The Labute approximate surface area is 146 Å². The topological polar surface area (TPSA) is 57.5 Å². The third-order valence-corrected chi connectivity index (χ3v) is 9.59. The molecule has 0 amide bonds. The van der Waals surface area contributed by atoms with Crippen LogP contribution in [-0.2, 0) is 4.79 Å². The molecule has 0 aliphatic heterocycles. The molecule has 0 aromatic heterocycles. The van der Waals surface area contributed by atoms with Crippen molar-refractivity contribution in [2.75, 3.05) is 0 Å². The molecule has 0 aromatic rings. The van der Waals surface area contributed by atoms with E-state index in [2.05, 4.69) is 13.8 Å². The number of carbonyl (C=O) groups is 1. The Hall–Kier alpha value is -0.410. The fourth-order valence-electron chi connectivity index (χ4n) is 7.76. The summed E-state index contributed by atoms with van der Waals surface area (Å²) in [6.45, 7) is 8.51. The molecule has 0 bridgehead atoms. The van der Waals surface area contributed by atoms with Crippen molar-refractivity contribution in [1.29, 1.82) is 0 Å². The van der Waals surface area contributed by atoms with Crippen LogP contribution >= 0.6 is 0 Å². The number of rotatable bonds is 0. The number of Topliss-reactive ketones (excluding diaryl/α,β-unsaturated/α-hetero) is 1. The number of hydrogen-bond donors (Lipinski definition) is 2. The van der Waals surface area contributed by atoms with Crippen molar-refractivity contribution in [2.24, 2.45) is 34.0 Å². The minimum absolute atomic E-state index is 0.0764. The predicted molar refractivity (Wildman–Crippen MR) is 93.4 cm³/mol. The molecule has 0 unspecified atom stereocenters. The van der Waals surface area contributed by atoms with Crippen LogP contribution in [0.15, 0.2) is 0 Å². The van der Waals surface area contributed by atoms with Crippen molar-refractivity contribution in [3.8, 4) is 0 Å². The summed E-state index contributed by atoms with van der Waals surface area (Å²) in [6, 6.07) is 0. The summed E-state index contributed by atoms with van der Waals surface area (Å²) < 4.78 is 0. The summed E-state index contributed by atoms with van der Waals surface area (Å²) in [7, 11) is 0. The average Bonchev–Trinajstić information content (AvgIpc) is 2.83. The minimum Gasteiger partial charge on any atom is -0.393 e. The van der Waals surface area contributed by atoms with E-state index in [0.29, 0.717) is 24.2 Å². The quantitative estimate of drug-likeness (QED) is 0.710. The first-order valence-electron chi connectivity index (χ1n) is 10.0. The molecule has 7 atom stereocenters. The van der Waals surface area contributed by atoms with E-state index in [1.807, 2.05) is 13.8 Å². The summed E-state index contributed by atoms with van der Waals surface area (Å²) in [5, 5.41) is 22.3. The molecular weight excluding hydrogens is 300 g/mol. The molecule has 3 nitrogen and oxygen atoms in total. The number of carbonyl (C=O) groups excluding carboxylic acids is 1. The van der Waals surface area contributed by atoms with Gasteiger partial charge in [0.25, 0.3) is 0 Å². The molecule has 136 valence electrons. The van der Waals surface area contributed by atoms with Gasteiger partial charge in [-0.3, -0.25) is 4.79 Å². The van der Waals surface area contributed by atoms with E-state index in [-0.39, 0.29) is 22.7 Å². The van der Waals surface area contributed by atoms with Gasteiger partial charge in [0.15, 0.2) is 0 Å². The zero-order valence-electron chi connectivity index (χ0n) is 15.8. The summed E-state index contributed by atoms with van der Waals surface area (Å²) in [5.74, 6) is 1.92. The second kappa shape index (κ2) is 4.85. The largest absolute Gasteiger partial charge is 0.393 e. The Kier molecular flexibility index (Phi) is 3.44. The van der Waals surface area contributed by atoms with Crippen LogP contribution < -0.4 is 0 Å². The van der Waals surface area contributed by atoms with Crippen molar-refractivity contribution in [3.63, 3.8) is 0 Å². The van der Waals surface area contributed by atoms with Crippen LogP contribution in [0, 0.1) is 34.0 Å². The number of hydrogen-bond acceptors (Lipinski definition) is 3. The lowest BCUT2D eigenvalue weighted by Gasteiger charge is -2.66. The highest BCUT2D eigenvalue weighted by Gasteiger charge is 2.69. The maximum atomic E-state index is 12.6. The molecule has 4 saturated carbocycles. The Morgan fingerprint density at radius 3 is 2.33 bits per heavy atom. The maximum Gasteiger partial charge on any atom is 0.141 e. The summed E-state index contributed by atoms with van der Waals surface area (Å²) in [6.07, 6.45) is 7.29. The lowest BCUT2D eigenvalue weighted by atomic mass is 9.39. The van der Waals surface area contributed by atoms with Gasteiger partial charge in [0, 0.05) is 11.8 Å². The van der Waals surface area contributed by atoms with Gasteiger partial charge in [-0.1, -0.05) is 27.7 Å². The standard InChI is InChI=1S/C21H34O3/c1-18(2)16(22)9-11-20(4)15-8-10-19(3)14(5-6-17(19)23)13(15)7-12-21(18,20)24/h13-15,17,23-24H,5-12H2,1-4H3/t13-,14-,15-,17-,19-,20+,21+/m0/s1. The maximum absolute atomic E-state index is 12.6. The van der Waals surface area contributed by atoms with Crippen LogP contribution in [0.4, 0.5) is 0 Å². The van der Waals surface area contributed by atoms with Gasteiger partial charge in [-0.25, -0.2) is 0 Å². The van der Waals surface area contributed by atoms with Gasteiger partial charge in [-0.15, -0.1) is 0 Å². The molecule has 0 saturated heterocycles. The third-order valence-electron chi connectivity index (χ3n) is 9.59. The van der Waals surface area contributed by atoms with Crippen molar-refractivity contribution >= 4 is 5.78 Å². The van der Waals surface area contributed by atoms with Crippen molar-refractivity contribution in [3.05, 3.63) is 0 Å². The number of aliphatic hydroxyl groups is 2. The van der Waals surface area contributed by atoms with Crippen molar-refractivity contribution in [2.45, 2.75) is 90.8 Å². The van der Waals surface area contributed by atoms with E-state index >= 15 is 0 Å². The summed E-state index contributed by atoms with van der Waals surface area (Å²) >= 11 is 0. The van der Waals surface area contributed by atoms with E-state index in [1.54, 1.807) is 0 Å². The molecule has 4 aliphatic rings. The second-order valence-electron chi connectivity index (χ2n) is 10.4. The van der Waals surface area contributed by atoms with Gasteiger partial charge in [0.2, 0.25) is 0 Å². The number of ketones is 1. The molecule has 3 heteroatoms. The van der Waals surface area contributed by atoms with E-state index in [0.717, 1.165) is 44.9 Å². The Morgan fingerprint density at radius 2 is 1.62 bits per heavy atom. The van der Waals surface area contributed by atoms with Crippen LogP contribution in [0.1, 0.15) is 79.1 Å². The molecule has 0 radical (unpaired) electrons. The SMILES string of the molecule is CC1(C)C(=O)CC[C@]2(C)[C@H]3CC[C@]4(C)[C@@H](O)CC[C@H]4[C@@H]3CC[C@@]12O. The van der Waals surface area contributed by atoms with Gasteiger partial charge < -0.3 is 10.2 Å². The fourth-order valence-corrected chi connectivity index (χ4v) is 7.76. The molecule has 0 spiro atoms. The van der Waals surface area contributed by atoms with E-state index in [9.17, 15) is 15.0 Å². The molecular formula is C21H34O3. The fraction of sp³-hybridized carbons (Fsp3) is 0.952. The molecule has 24 heavy (non-hydrogen) atoms. The highest BCUT2D eigenvalue weighted by Crippen LogP contribution is 2.69. The first-order valence-corrected chi connectivity index (χ1v) is 10.0. The zero-order chi connectivity index (χ0) is 17.5. The Bertz CT molecular complexity index is 569. The third kappa shape index (κ3) is 1.74. The van der Waals surface area contributed by atoms with E-state index in [1.165, 1.54) is 0 Å².